The van der Waals surface area contributed by atoms with E-state index in [4.69, 9.17) is 0 Å². The van der Waals surface area contributed by atoms with Crippen LogP contribution in [0.4, 0.5) is 0 Å². The highest BCUT2D eigenvalue weighted by molar-refractivity contribution is 5.75. The number of carbonyl (C=O) groups excluding carboxylic acids is 1. The smallest absolute Gasteiger partial charge is 0.150 e. The maximum absolute atomic E-state index is 11.3. The van der Waals surface area contributed by atoms with Gasteiger partial charge < -0.3 is 10.2 Å². The molecule has 0 saturated heterocycles. The van der Waals surface area contributed by atoms with Crippen molar-refractivity contribution in [2.24, 2.45) is 22.7 Å². The summed E-state index contributed by atoms with van der Waals surface area (Å²) in [6.07, 6.45) is 11.7. The van der Waals surface area contributed by atoms with Gasteiger partial charge in [-0.3, -0.25) is 4.79 Å². The molecular formula is C27H40O3. The first-order valence-corrected chi connectivity index (χ1v) is 11.6. The molecule has 1 aromatic rings. The Kier molecular flexibility index (Phi) is 6.38. The maximum Gasteiger partial charge on any atom is 0.150 e. The number of hydrogen-bond acceptors (Lipinski definition) is 3. The normalized spacial score (nSPS) is 35.6. The van der Waals surface area contributed by atoms with Crippen molar-refractivity contribution in [3.63, 3.8) is 0 Å². The van der Waals surface area contributed by atoms with Crippen molar-refractivity contribution in [2.75, 3.05) is 0 Å². The molecule has 0 spiro atoms. The van der Waals surface area contributed by atoms with E-state index >= 15 is 0 Å². The Morgan fingerprint density at radius 2 is 1.70 bits per heavy atom. The van der Waals surface area contributed by atoms with E-state index in [0.717, 1.165) is 31.1 Å². The highest BCUT2D eigenvalue weighted by Crippen LogP contribution is 2.63. The Hall–Kier alpha value is -1.45. The zero-order valence-corrected chi connectivity index (χ0v) is 19.4. The van der Waals surface area contributed by atoms with Crippen LogP contribution >= 0.6 is 0 Å². The van der Waals surface area contributed by atoms with Crippen molar-refractivity contribution in [3.05, 3.63) is 41.5 Å². The van der Waals surface area contributed by atoms with Crippen LogP contribution in [-0.2, 0) is 0 Å². The number of benzene rings is 1. The van der Waals surface area contributed by atoms with Crippen molar-refractivity contribution in [2.45, 2.75) is 90.8 Å². The van der Waals surface area contributed by atoms with E-state index in [1.807, 2.05) is 38.1 Å². The second-order valence-corrected chi connectivity index (χ2v) is 11.4. The van der Waals surface area contributed by atoms with Crippen molar-refractivity contribution >= 4 is 12.4 Å². The predicted molar refractivity (Wildman–Crippen MR) is 123 cm³/mol. The summed E-state index contributed by atoms with van der Waals surface area (Å²) < 4.78 is 0. The lowest BCUT2D eigenvalue weighted by atomic mass is 9.45. The van der Waals surface area contributed by atoms with Crippen molar-refractivity contribution in [3.8, 4) is 0 Å². The number of hydrogen-bond donors (Lipinski definition) is 2. The fraction of sp³-hybridized carbons (Fsp3) is 0.667. The lowest BCUT2D eigenvalue weighted by Crippen LogP contribution is -2.57. The first-order valence-electron chi connectivity index (χ1n) is 11.6. The standard InChI is InChI=1S/C27H40O3/c1-24(2)14-6-15-26(4)22(24)13-18-27(5,30)23(26)12-17-25(3,29)16-11-20-7-9-21(19-28)10-8-20/h7-11,16,19,22-23,29-30H,6,12-15,17-18H2,1-5H3/b16-11+/t22-,23?,25-,26-,27+/m0/s1. The second kappa shape index (κ2) is 8.24. The number of carbonyl (C=O) groups is 1. The van der Waals surface area contributed by atoms with Gasteiger partial charge in [0.1, 0.15) is 6.29 Å². The van der Waals surface area contributed by atoms with Gasteiger partial charge in [-0.1, -0.05) is 63.6 Å². The molecule has 2 saturated carbocycles. The molecule has 0 heterocycles. The van der Waals surface area contributed by atoms with Crippen LogP contribution in [0.25, 0.3) is 6.08 Å². The van der Waals surface area contributed by atoms with Gasteiger partial charge in [0.15, 0.2) is 0 Å². The Labute approximate surface area is 182 Å². The summed E-state index contributed by atoms with van der Waals surface area (Å²) in [6.45, 7) is 11.1. The van der Waals surface area contributed by atoms with E-state index in [1.165, 1.54) is 19.3 Å². The minimum absolute atomic E-state index is 0.119. The zero-order chi connectivity index (χ0) is 22.2. The first-order chi connectivity index (χ1) is 13.9. The lowest BCUT2D eigenvalue weighted by Gasteiger charge is -2.61. The van der Waals surface area contributed by atoms with Gasteiger partial charge >= 0.3 is 0 Å². The third-order valence-corrected chi connectivity index (χ3v) is 8.41. The van der Waals surface area contributed by atoms with Gasteiger partial charge in [0.25, 0.3) is 0 Å². The SMILES string of the molecule is CC1(C)CCC[C@]2(C)C(CC[C@@](C)(O)/C=C/c3ccc(C=O)cc3)[C@](C)(O)CC[C@@H]12. The molecule has 5 atom stereocenters. The minimum atomic E-state index is -0.938. The van der Waals surface area contributed by atoms with Gasteiger partial charge in [-0.25, -0.2) is 0 Å². The highest BCUT2D eigenvalue weighted by Gasteiger charge is 2.57. The molecule has 166 valence electrons. The summed E-state index contributed by atoms with van der Waals surface area (Å²) in [6, 6.07) is 7.34. The van der Waals surface area contributed by atoms with Crippen molar-refractivity contribution < 1.29 is 15.0 Å². The molecule has 0 radical (unpaired) electrons. The summed E-state index contributed by atoms with van der Waals surface area (Å²) in [7, 11) is 0. The number of aldehydes is 1. The van der Waals surface area contributed by atoms with Crippen LogP contribution in [0.5, 0.6) is 0 Å². The number of aliphatic hydroxyl groups is 2. The average molecular weight is 413 g/mol. The zero-order valence-electron chi connectivity index (χ0n) is 19.4. The fourth-order valence-corrected chi connectivity index (χ4v) is 6.75. The molecule has 2 aliphatic rings. The van der Waals surface area contributed by atoms with Crippen molar-refractivity contribution in [1.82, 2.24) is 0 Å². The summed E-state index contributed by atoms with van der Waals surface area (Å²) in [5.41, 5.74) is 0.435. The van der Waals surface area contributed by atoms with Crippen LogP contribution in [0.15, 0.2) is 30.3 Å². The quantitative estimate of drug-likeness (QED) is 0.560. The van der Waals surface area contributed by atoms with Gasteiger partial charge in [-0.05, 0) is 80.6 Å². The Morgan fingerprint density at radius 1 is 1.07 bits per heavy atom. The summed E-state index contributed by atoms with van der Waals surface area (Å²) in [4.78, 5) is 10.8. The fourth-order valence-electron chi connectivity index (χ4n) is 6.75. The molecule has 3 nitrogen and oxygen atoms in total. The molecule has 3 heteroatoms. The number of fused-ring (bicyclic) bond motifs is 1. The molecule has 2 fully saturated rings. The minimum Gasteiger partial charge on any atom is -0.390 e. The average Bonchev–Trinajstić information content (AvgIpc) is 2.65. The molecule has 0 aliphatic heterocycles. The molecule has 30 heavy (non-hydrogen) atoms. The molecule has 0 aromatic heterocycles. The lowest BCUT2D eigenvalue weighted by molar-refractivity contribution is -0.171. The first kappa shape index (κ1) is 23.2. The van der Waals surface area contributed by atoms with Gasteiger partial charge in [-0.15, -0.1) is 0 Å². The molecular weight excluding hydrogens is 372 g/mol. The highest BCUT2D eigenvalue weighted by atomic mass is 16.3. The van der Waals surface area contributed by atoms with Gasteiger partial charge in [0, 0.05) is 5.56 Å². The topological polar surface area (TPSA) is 57.5 Å². The van der Waals surface area contributed by atoms with Crippen LogP contribution in [0.3, 0.4) is 0 Å². The van der Waals surface area contributed by atoms with E-state index in [9.17, 15) is 15.0 Å². The second-order valence-electron chi connectivity index (χ2n) is 11.4. The van der Waals surface area contributed by atoms with E-state index in [2.05, 4.69) is 20.8 Å². The van der Waals surface area contributed by atoms with E-state index < -0.39 is 11.2 Å². The molecule has 0 amide bonds. The summed E-state index contributed by atoms with van der Waals surface area (Å²) in [5.74, 6) is 0.816. The molecule has 3 rings (SSSR count). The summed E-state index contributed by atoms with van der Waals surface area (Å²) in [5, 5.41) is 22.4. The van der Waals surface area contributed by atoms with Crippen LogP contribution in [0, 0.1) is 22.7 Å². The molecule has 1 aromatic carbocycles. The van der Waals surface area contributed by atoms with Crippen LogP contribution in [0.1, 0.15) is 95.5 Å². The van der Waals surface area contributed by atoms with Crippen molar-refractivity contribution in [1.29, 1.82) is 0 Å². The number of rotatable bonds is 6. The molecule has 1 unspecified atom stereocenters. The van der Waals surface area contributed by atoms with Crippen LogP contribution in [0.2, 0.25) is 0 Å². The van der Waals surface area contributed by atoms with E-state index in [0.29, 0.717) is 23.3 Å². The van der Waals surface area contributed by atoms with E-state index in [1.54, 1.807) is 12.1 Å². The Balaban J connectivity index is 1.74. The predicted octanol–water partition coefficient (Wildman–Crippen LogP) is 6.04. The Bertz CT molecular complexity index is 772. The van der Waals surface area contributed by atoms with E-state index in [-0.39, 0.29) is 11.3 Å². The van der Waals surface area contributed by atoms with Crippen LogP contribution < -0.4 is 0 Å². The third-order valence-electron chi connectivity index (χ3n) is 8.41. The molecule has 2 aliphatic carbocycles. The monoisotopic (exact) mass is 412 g/mol. The van der Waals surface area contributed by atoms with Gasteiger partial charge in [0.05, 0.1) is 11.2 Å². The van der Waals surface area contributed by atoms with Crippen LogP contribution in [-0.4, -0.2) is 27.7 Å². The molecule has 0 bridgehead atoms. The molecule has 2 N–H and O–H groups in total. The van der Waals surface area contributed by atoms with Gasteiger partial charge in [-0.2, -0.15) is 0 Å². The Morgan fingerprint density at radius 3 is 2.33 bits per heavy atom. The van der Waals surface area contributed by atoms with Gasteiger partial charge in [0.2, 0.25) is 0 Å². The third kappa shape index (κ3) is 4.73. The summed E-state index contributed by atoms with van der Waals surface area (Å²) >= 11 is 0. The maximum atomic E-state index is 11.3. The largest absolute Gasteiger partial charge is 0.390 e.